The lowest BCUT2D eigenvalue weighted by Crippen LogP contribution is -2.64. The minimum Gasteiger partial charge on any atom is -0.489 e. The first kappa shape index (κ1) is 24.0. The van der Waals surface area contributed by atoms with Gasteiger partial charge in [-0.05, 0) is 51.8 Å². The van der Waals surface area contributed by atoms with E-state index in [0.29, 0.717) is 5.39 Å². The van der Waals surface area contributed by atoms with E-state index in [1.165, 1.54) is 6.07 Å². The third-order valence-electron chi connectivity index (χ3n) is 5.01. The van der Waals surface area contributed by atoms with Crippen LogP contribution in [-0.4, -0.2) is 41.7 Å². The second-order valence-corrected chi connectivity index (χ2v) is 10.8. The lowest BCUT2D eigenvalue weighted by atomic mass is 10.0. The topological polar surface area (TPSA) is 18.5 Å². The Morgan fingerprint density at radius 3 is 1.87 bits per heavy atom. The SMILES string of the molecule is CC(C)(C)OC(COc1ccc([S+]2CCCC2)c2ccccc12)(C(F)(F)F)C(F)(F)F. The van der Waals surface area contributed by atoms with Crippen LogP contribution in [0.25, 0.3) is 10.8 Å². The molecule has 31 heavy (non-hydrogen) atoms. The second-order valence-electron chi connectivity index (χ2n) is 8.54. The number of halogens is 6. The Morgan fingerprint density at radius 2 is 1.35 bits per heavy atom. The fraction of sp³-hybridized carbons (Fsp3) is 0.545. The summed E-state index contributed by atoms with van der Waals surface area (Å²) in [5.74, 6) is 2.04. The number of benzene rings is 2. The van der Waals surface area contributed by atoms with Gasteiger partial charge in [-0.2, -0.15) is 26.3 Å². The summed E-state index contributed by atoms with van der Waals surface area (Å²) in [7, 11) is 0.0237. The van der Waals surface area contributed by atoms with Crippen molar-refractivity contribution in [1.82, 2.24) is 0 Å². The fourth-order valence-electron chi connectivity index (χ4n) is 3.67. The molecule has 9 heteroatoms. The summed E-state index contributed by atoms with van der Waals surface area (Å²) in [6.07, 6.45) is -9.22. The van der Waals surface area contributed by atoms with Crippen LogP contribution in [0.2, 0.25) is 0 Å². The van der Waals surface area contributed by atoms with E-state index in [0.717, 1.165) is 55.4 Å². The van der Waals surface area contributed by atoms with Gasteiger partial charge >= 0.3 is 12.4 Å². The number of alkyl halides is 6. The molecule has 1 fully saturated rings. The van der Waals surface area contributed by atoms with Crippen molar-refractivity contribution < 1.29 is 35.8 Å². The predicted molar refractivity (Wildman–Crippen MR) is 110 cm³/mol. The van der Waals surface area contributed by atoms with Crippen LogP contribution in [-0.2, 0) is 15.6 Å². The van der Waals surface area contributed by atoms with Crippen LogP contribution in [0.3, 0.4) is 0 Å². The van der Waals surface area contributed by atoms with E-state index in [1.54, 1.807) is 24.3 Å². The average molecular weight is 467 g/mol. The molecule has 0 bridgehead atoms. The molecule has 0 aliphatic carbocycles. The zero-order valence-electron chi connectivity index (χ0n) is 17.5. The highest BCUT2D eigenvalue weighted by Crippen LogP contribution is 2.48. The van der Waals surface area contributed by atoms with E-state index < -0.39 is 30.2 Å². The van der Waals surface area contributed by atoms with Crippen LogP contribution in [0.1, 0.15) is 33.6 Å². The van der Waals surface area contributed by atoms with E-state index in [1.807, 2.05) is 6.07 Å². The van der Waals surface area contributed by atoms with E-state index in [9.17, 15) is 26.3 Å². The lowest BCUT2D eigenvalue weighted by Gasteiger charge is -2.41. The smallest absolute Gasteiger partial charge is 0.430 e. The molecule has 0 radical (unpaired) electrons. The van der Waals surface area contributed by atoms with Crippen molar-refractivity contribution in [3.8, 4) is 5.75 Å². The van der Waals surface area contributed by atoms with Crippen LogP contribution < -0.4 is 4.74 Å². The molecule has 0 N–H and O–H groups in total. The van der Waals surface area contributed by atoms with E-state index in [4.69, 9.17) is 4.74 Å². The van der Waals surface area contributed by atoms with Crippen LogP contribution in [0.4, 0.5) is 26.3 Å². The number of rotatable bonds is 5. The Balaban J connectivity index is 2.01. The summed E-state index contributed by atoms with van der Waals surface area (Å²) < 4.78 is 92.4. The quantitative estimate of drug-likeness (QED) is 0.361. The number of hydrogen-bond acceptors (Lipinski definition) is 2. The van der Waals surface area contributed by atoms with E-state index in [-0.39, 0.29) is 16.6 Å². The number of hydrogen-bond donors (Lipinski definition) is 0. The summed E-state index contributed by atoms with van der Waals surface area (Å²) in [6, 6.07) is 10.2. The van der Waals surface area contributed by atoms with Gasteiger partial charge in [0.2, 0.25) is 0 Å². The van der Waals surface area contributed by atoms with Crippen molar-refractivity contribution >= 4 is 21.7 Å². The third-order valence-corrected chi connectivity index (χ3v) is 7.55. The standard InChI is InChI=1S/C22H25F6O2S/c1-19(2,3)30-20(21(23,24)25,22(26,27)28)14-29-17-10-11-18(31-12-6-7-13-31)16-9-5-4-8-15(16)17/h4-5,8-11H,6-7,12-14H2,1-3H3/q+1. The molecule has 0 unspecified atom stereocenters. The summed E-state index contributed by atoms with van der Waals surface area (Å²) >= 11 is 0. The monoisotopic (exact) mass is 467 g/mol. The first-order chi connectivity index (χ1) is 14.3. The minimum atomic E-state index is -5.72. The van der Waals surface area contributed by atoms with Gasteiger partial charge in [0.05, 0.1) is 5.60 Å². The average Bonchev–Trinajstić information content (AvgIpc) is 3.16. The molecule has 2 aromatic rings. The molecule has 172 valence electrons. The molecule has 3 rings (SSSR count). The third kappa shape index (κ3) is 4.92. The van der Waals surface area contributed by atoms with Crippen molar-refractivity contribution in [2.75, 3.05) is 18.1 Å². The van der Waals surface area contributed by atoms with Gasteiger partial charge in [-0.3, -0.25) is 0 Å². The molecule has 2 aromatic carbocycles. The summed E-state index contributed by atoms with van der Waals surface area (Å²) in [5.41, 5.74) is -6.16. The normalized spacial score (nSPS) is 16.8. The van der Waals surface area contributed by atoms with Crippen molar-refractivity contribution in [3.63, 3.8) is 0 Å². The molecule has 1 aliphatic rings. The summed E-state index contributed by atoms with van der Waals surface area (Å²) in [5, 5.41) is 1.29. The molecule has 0 spiro atoms. The first-order valence-electron chi connectivity index (χ1n) is 9.91. The predicted octanol–water partition coefficient (Wildman–Crippen LogP) is 6.67. The highest BCUT2D eigenvalue weighted by molar-refractivity contribution is 7.97. The van der Waals surface area contributed by atoms with E-state index in [2.05, 4.69) is 4.74 Å². The first-order valence-corrected chi connectivity index (χ1v) is 11.5. The molecule has 2 nitrogen and oxygen atoms in total. The maximum absolute atomic E-state index is 13.8. The second kappa shape index (κ2) is 8.39. The Labute approximate surface area is 180 Å². The van der Waals surface area contributed by atoms with Crippen molar-refractivity contribution in [2.45, 2.75) is 62.1 Å². The fourth-order valence-corrected chi connectivity index (χ4v) is 6.17. The minimum absolute atomic E-state index is 0.0237. The molecule has 1 aliphatic heterocycles. The van der Waals surface area contributed by atoms with Crippen LogP contribution in [0, 0.1) is 0 Å². The molecule has 0 saturated carbocycles. The maximum atomic E-state index is 13.8. The molecule has 0 amide bonds. The van der Waals surface area contributed by atoms with Crippen LogP contribution in [0.15, 0.2) is 41.3 Å². The lowest BCUT2D eigenvalue weighted by molar-refractivity contribution is -0.403. The molecule has 0 aromatic heterocycles. The Bertz CT molecular complexity index is 897. The Morgan fingerprint density at radius 1 is 0.806 bits per heavy atom. The highest BCUT2D eigenvalue weighted by Gasteiger charge is 2.74. The van der Waals surface area contributed by atoms with Gasteiger partial charge in [0.15, 0.2) is 4.90 Å². The highest BCUT2D eigenvalue weighted by atomic mass is 32.2. The molecule has 0 atom stereocenters. The molecular formula is C22H25F6O2S+. The van der Waals surface area contributed by atoms with Gasteiger partial charge in [0.1, 0.15) is 23.9 Å². The zero-order chi connectivity index (χ0) is 23.1. The Hall–Kier alpha value is -1.61. The van der Waals surface area contributed by atoms with Crippen molar-refractivity contribution in [1.29, 1.82) is 0 Å². The van der Waals surface area contributed by atoms with Gasteiger partial charge < -0.3 is 9.47 Å². The van der Waals surface area contributed by atoms with Gasteiger partial charge in [0.25, 0.3) is 5.60 Å². The molecule has 1 heterocycles. The largest absolute Gasteiger partial charge is 0.489 e. The van der Waals surface area contributed by atoms with Gasteiger partial charge in [-0.25, -0.2) is 0 Å². The van der Waals surface area contributed by atoms with Gasteiger partial charge in [0, 0.05) is 21.7 Å². The van der Waals surface area contributed by atoms with Crippen LogP contribution in [0.5, 0.6) is 5.75 Å². The van der Waals surface area contributed by atoms with Crippen molar-refractivity contribution in [2.24, 2.45) is 0 Å². The van der Waals surface area contributed by atoms with Gasteiger partial charge in [-0.1, -0.05) is 18.2 Å². The van der Waals surface area contributed by atoms with Gasteiger partial charge in [-0.15, -0.1) is 0 Å². The number of fused-ring (bicyclic) bond motifs is 1. The van der Waals surface area contributed by atoms with Crippen LogP contribution >= 0.6 is 0 Å². The zero-order valence-corrected chi connectivity index (χ0v) is 18.3. The molecular weight excluding hydrogens is 442 g/mol. The van der Waals surface area contributed by atoms with E-state index >= 15 is 0 Å². The van der Waals surface area contributed by atoms with Crippen molar-refractivity contribution in [3.05, 3.63) is 36.4 Å². The summed E-state index contributed by atoms with van der Waals surface area (Å²) in [4.78, 5) is 1.07. The Kier molecular flexibility index (Phi) is 6.50. The molecule has 1 saturated heterocycles. The summed E-state index contributed by atoms with van der Waals surface area (Å²) in [6.45, 7) is 1.70. The maximum Gasteiger partial charge on any atom is 0.430 e. The number of ether oxygens (including phenoxy) is 2.